The molecule has 5 nitrogen and oxygen atoms in total. The molecule has 2 aliphatic rings. The van der Waals surface area contributed by atoms with Crippen molar-refractivity contribution >= 4 is 11.6 Å². The minimum atomic E-state index is 0.284. The summed E-state index contributed by atoms with van der Waals surface area (Å²) in [5.74, 6) is 2.33. The van der Waals surface area contributed by atoms with E-state index in [9.17, 15) is 0 Å². The molecule has 0 aliphatic carbocycles. The Morgan fingerprint density at radius 2 is 1.93 bits per heavy atom. The van der Waals surface area contributed by atoms with Gasteiger partial charge in [0.1, 0.15) is 19.0 Å². The number of hydrogen-bond acceptors (Lipinski definition) is 5. The Bertz CT molecular complexity index is 808. The fourth-order valence-corrected chi connectivity index (χ4v) is 4.34. The van der Waals surface area contributed by atoms with Crippen molar-refractivity contribution in [2.24, 2.45) is 0 Å². The van der Waals surface area contributed by atoms with Crippen LogP contribution in [-0.4, -0.2) is 44.9 Å². The van der Waals surface area contributed by atoms with Crippen molar-refractivity contribution in [2.75, 3.05) is 40.0 Å². The molecule has 1 N–H and O–H groups in total. The van der Waals surface area contributed by atoms with Crippen LogP contribution >= 0.6 is 11.6 Å². The molecule has 0 saturated carbocycles. The minimum absolute atomic E-state index is 0.284. The number of benzene rings is 2. The smallest absolute Gasteiger partial charge is 0.179 e. The molecule has 6 heteroatoms. The van der Waals surface area contributed by atoms with Crippen LogP contribution in [0.4, 0.5) is 0 Å². The van der Waals surface area contributed by atoms with E-state index in [-0.39, 0.29) is 6.04 Å². The van der Waals surface area contributed by atoms with E-state index in [1.165, 1.54) is 18.4 Å². The van der Waals surface area contributed by atoms with Gasteiger partial charge in [-0.25, -0.2) is 0 Å². The molecule has 1 fully saturated rings. The SMILES string of the molecule is COc1ccccc1C(CNCc1cc(Cl)c2c(c1)OCCO2)N1CCCC1. The van der Waals surface area contributed by atoms with Gasteiger partial charge in [-0.3, -0.25) is 4.90 Å². The lowest BCUT2D eigenvalue weighted by Gasteiger charge is -2.29. The summed E-state index contributed by atoms with van der Waals surface area (Å²) < 4.78 is 16.9. The molecule has 1 unspecified atom stereocenters. The number of para-hydroxylation sites is 1. The first-order valence-corrected chi connectivity index (χ1v) is 10.3. The van der Waals surface area contributed by atoms with E-state index in [2.05, 4.69) is 22.3 Å². The van der Waals surface area contributed by atoms with Gasteiger partial charge in [0.2, 0.25) is 0 Å². The van der Waals surface area contributed by atoms with Crippen LogP contribution in [0.2, 0.25) is 5.02 Å². The first kappa shape index (κ1) is 19.4. The molecule has 0 spiro atoms. The Kier molecular flexibility index (Phi) is 6.25. The maximum atomic E-state index is 6.37. The van der Waals surface area contributed by atoms with Gasteiger partial charge < -0.3 is 19.5 Å². The maximum Gasteiger partial charge on any atom is 0.179 e. The number of likely N-dealkylation sites (tertiary alicyclic amines) is 1. The Morgan fingerprint density at radius 1 is 1.14 bits per heavy atom. The van der Waals surface area contributed by atoms with Crippen LogP contribution in [0.25, 0.3) is 0 Å². The van der Waals surface area contributed by atoms with Crippen molar-refractivity contribution in [1.29, 1.82) is 0 Å². The van der Waals surface area contributed by atoms with Crippen molar-refractivity contribution in [3.8, 4) is 17.2 Å². The highest BCUT2D eigenvalue weighted by Crippen LogP contribution is 2.38. The van der Waals surface area contributed by atoms with Crippen LogP contribution in [0.1, 0.15) is 30.0 Å². The minimum Gasteiger partial charge on any atom is -0.496 e. The van der Waals surface area contributed by atoms with Crippen LogP contribution in [0.3, 0.4) is 0 Å². The largest absolute Gasteiger partial charge is 0.496 e. The van der Waals surface area contributed by atoms with Crippen LogP contribution < -0.4 is 19.5 Å². The van der Waals surface area contributed by atoms with E-state index < -0.39 is 0 Å². The van der Waals surface area contributed by atoms with E-state index in [0.717, 1.165) is 43.2 Å². The third-order valence-corrected chi connectivity index (χ3v) is 5.68. The number of nitrogens with zero attached hydrogens (tertiary/aromatic N) is 1. The number of nitrogens with one attached hydrogen (secondary N) is 1. The van der Waals surface area contributed by atoms with Gasteiger partial charge in [0.05, 0.1) is 18.2 Å². The summed E-state index contributed by atoms with van der Waals surface area (Å²) in [6.45, 7) is 4.91. The average Bonchev–Trinajstić information content (AvgIpc) is 3.26. The molecule has 2 aliphatic heterocycles. The number of halogens is 1. The summed E-state index contributed by atoms with van der Waals surface area (Å²) >= 11 is 6.37. The molecule has 28 heavy (non-hydrogen) atoms. The van der Waals surface area contributed by atoms with Gasteiger partial charge in [-0.1, -0.05) is 29.8 Å². The molecule has 4 rings (SSSR count). The quantitative estimate of drug-likeness (QED) is 0.756. The summed E-state index contributed by atoms with van der Waals surface area (Å²) in [5, 5.41) is 4.22. The third-order valence-electron chi connectivity index (χ3n) is 5.40. The Balaban J connectivity index is 1.47. The topological polar surface area (TPSA) is 43.0 Å². The van der Waals surface area contributed by atoms with Gasteiger partial charge in [-0.05, 0) is 49.7 Å². The predicted octanol–water partition coefficient (Wildman–Crippen LogP) is 4.05. The normalized spacial score (nSPS) is 17.5. The van der Waals surface area contributed by atoms with Crippen LogP contribution in [0, 0.1) is 0 Å². The number of hydrogen-bond donors (Lipinski definition) is 1. The molecule has 0 aromatic heterocycles. The highest BCUT2D eigenvalue weighted by Gasteiger charge is 2.25. The Hall–Kier alpha value is -1.95. The second-order valence-electron chi connectivity index (χ2n) is 7.23. The van der Waals surface area contributed by atoms with Gasteiger partial charge in [-0.2, -0.15) is 0 Å². The molecule has 2 aromatic rings. The summed E-state index contributed by atoms with van der Waals surface area (Å²) in [7, 11) is 1.74. The van der Waals surface area contributed by atoms with E-state index in [0.29, 0.717) is 24.0 Å². The lowest BCUT2D eigenvalue weighted by Crippen LogP contribution is -2.34. The molecule has 2 aromatic carbocycles. The summed E-state index contributed by atoms with van der Waals surface area (Å²) in [4.78, 5) is 2.54. The van der Waals surface area contributed by atoms with Crippen LogP contribution in [0.5, 0.6) is 17.2 Å². The van der Waals surface area contributed by atoms with E-state index in [1.807, 2.05) is 24.3 Å². The number of rotatable bonds is 7. The molecule has 0 radical (unpaired) electrons. The van der Waals surface area contributed by atoms with Gasteiger partial charge in [0.15, 0.2) is 11.5 Å². The lowest BCUT2D eigenvalue weighted by molar-refractivity contribution is 0.171. The van der Waals surface area contributed by atoms with Gasteiger partial charge in [0, 0.05) is 18.7 Å². The number of ether oxygens (including phenoxy) is 3. The molecular formula is C22H27ClN2O3. The molecule has 1 atom stereocenters. The summed E-state index contributed by atoms with van der Waals surface area (Å²) in [5.41, 5.74) is 2.33. The predicted molar refractivity (Wildman–Crippen MR) is 111 cm³/mol. The highest BCUT2D eigenvalue weighted by atomic mass is 35.5. The fraction of sp³-hybridized carbons (Fsp3) is 0.455. The molecule has 1 saturated heterocycles. The molecule has 0 bridgehead atoms. The van der Waals surface area contributed by atoms with Crippen molar-refractivity contribution in [2.45, 2.75) is 25.4 Å². The molecular weight excluding hydrogens is 376 g/mol. The Morgan fingerprint density at radius 3 is 2.75 bits per heavy atom. The van der Waals surface area contributed by atoms with Gasteiger partial charge in [-0.15, -0.1) is 0 Å². The molecule has 2 heterocycles. The highest BCUT2D eigenvalue weighted by molar-refractivity contribution is 6.32. The fourth-order valence-electron chi connectivity index (χ4n) is 4.05. The standard InChI is InChI=1S/C22H27ClN2O3/c1-26-20-7-3-2-6-17(20)19(25-8-4-5-9-25)15-24-14-16-12-18(23)22-21(13-16)27-10-11-28-22/h2-3,6-7,12-13,19,24H,4-5,8-11,14-15H2,1H3. The second-order valence-corrected chi connectivity index (χ2v) is 7.64. The van der Waals surface area contributed by atoms with Gasteiger partial charge >= 0.3 is 0 Å². The molecule has 0 amide bonds. The summed E-state index contributed by atoms with van der Waals surface area (Å²) in [6, 6.07) is 12.6. The van der Waals surface area contributed by atoms with E-state index in [1.54, 1.807) is 7.11 Å². The average molecular weight is 403 g/mol. The van der Waals surface area contributed by atoms with Crippen molar-refractivity contribution < 1.29 is 14.2 Å². The summed E-state index contributed by atoms with van der Waals surface area (Å²) in [6.07, 6.45) is 2.51. The van der Waals surface area contributed by atoms with Crippen LogP contribution in [0.15, 0.2) is 36.4 Å². The van der Waals surface area contributed by atoms with E-state index in [4.69, 9.17) is 25.8 Å². The van der Waals surface area contributed by atoms with Crippen molar-refractivity contribution in [1.82, 2.24) is 10.2 Å². The Labute approximate surface area is 171 Å². The third kappa shape index (κ3) is 4.22. The zero-order valence-corrected chi connectivity index (χ0v) is 17.0. The zero-order valence-electron chi connectivity index (χ0n) is 16.2. The van der Waals surface area contributed by atoms with Crippen molar-refractivity contribution in [3.05, 3.63) is 52.5 Å². The second kappa shape index (κ2) is 9.03. The van der Waals surface area contributed by atoms with Crippen molar-refractivity contribution in [3.63, 3.8) is 0 Å². The zero-order chi connectivity index (χ0) is 19.3. The van der Waals surface area contributed by atoms with E-state index >= 15 is 0 Å². The number of fused-ring (bicyclic) bond motifs is 1. The number of methoxy groups -OCH3 is 1. The monoisotopic (exact) mass is 402 g/mol. The molecule has 150 valence electrons. The maximum absolute atomic E-state index is 6.37. The first-order valence-electron chi connectivity index (χ1n) is 9.92. The lowest BCUT2D eigenvalue weighted by atomic mass is 10.0. The van der Waals surface area contributed by atoms with Crippen LogP contribution in [-0.2, 0) is 6.54 Å². The van der Waals surface area contributed by atoms with Gasteiger partial charge in [0.25, 0.3) is 0 Å². The first-order chi connectivity index (χ1) is 13.8.